The number of fused-ring (bicyclic) bond motifs is 1. The molecule has 1 aromatic carbocycles. The first-order valence-corrected chi connectivity index (χ1v) is 6.71. The topological polar surface area (TPSA) is 43.1 Å². The molecule has 4 rings (SSSR count). The van der Waals surface area contributed by atoms with Crippen molar-refractivity contribution < 1.29 is 0 Å². The van der Waals surface area contributed by atoms with Crippen molar-refractivity contribution in [3.8, 4) is 22.5 Å². The molecule has 0 N–H and O–H groups in total. The molecule has 4 nitrogen and oxygen atoms in total. The molecule has 0 radical (unpaired) electrons. The normalized spacial score (nSPS) is 10.9. The SMILES string of the molecule is c1ccc(-c2nc3ccccn3c2-c2cncnc2)cc1. The zero-order chi connectivity index (χ0) is 14.1. The fourth-order valence-corrected chi connectivity index (χ4v) is 2.49. The van der Waals surface area contributed by atoms with Crippen molar-refractivity contribution in [3.05, 3.63) is 73.4 Å². The number of rotatable bonds is 2. The van der Waals surface area contributed by atoms with Gasteiger partial charge in [-0.3, -0.25) is 4.40 Å². The molecule has 0 aliphatic rings. The second-order valence-electron chi connectivity index (χ2n) is 4.73. The molecular weight excluding hydrogens is 260 g/mol. The third kappa shape index (κ3) is 1.97. The quantitative estimate of drug-likeness (QED) is 0.561. The molecule has 0 atom stereocenters. The van der Waals surface area contributed by atoms with Gasteiger partial charge in [0.1, 0.15) is 12.0 Å². The second kappa shape index (κ2) is 4.83. The summed E-state index contributed by atoms with van der Waals surface area (Å²) in [6, 6.07) is 16.2. The summed E-state index contributed by atoms with van der Waals surface area (Å²) < 4.78 is 2.07. The van der Waals surface area contributed by atoms with Gasteiger partial charge in [0.15, 0.2) is 0 Å². The standard InChI is InChI=1S/C17H12N4/c1-2-6-13(7-3-1)16-17(14-10-18-12-19-11-14)21-9-5-4-8-15(21)20-16/h1-12H. The van der Waals surface area contributed by atoms with E-state index in [1.54, 1.807) is 0 Å². The third-order valence-corrected chi connectivity index (χ3v) is 3.41. The van der Waals surface area contributed by atoms with E-state index in [1.165, 1.54) is 6.33 Å². The van der Waals surface area contributed by atoms with Crippen molar-refractivity contribution in [1.82, 2.24) is 19.4 Å². The van der Waals surface area contributed by atoms with Crippen LogP contribution >= 0.6 is 0 Å². The number of benzene rings is 1. The van der Waals surface area contributed by atoms with E-state index >= 15 is 0 Å². The molecule has 3 heterocycles. The summed E-state index contributed by atoms with van der Waals surface area (Å²) in [4.78, 5) is 13.0. The zero-order valence-corrected chi connectivity index (χ0v) is 11.2. The van der Waals surface area contributed by atoms with Gasteiger partial charge in [0.25, 0.3) is 0 Å². The Balaban J connectivity index is 2.07. The van der Waals surface area contributed by atoms with E-state index in [1.807, 2.05) is 55.0 Å². The largest absolute Gasteiger partial charge is 0.299 e. The fraction of sp³-hybridized carbons (Fsp3) is 0. The lowest BCUT2D eigenvalue weighted by Gasteiger charge is -2.04. The number of imidazole rings is 1. The van der Waals surface area contributed by atoms with Crippen LogP contribution in [-0.4, -0.2) is 19.4 Å². The number of hydrogen-bond donors (Lipinski definition) is 0. The van der Waals surface area contributed by atoms with E-state index in [-0.39, 0.29) is 0 Å². The van der Waals surface area contributed by atoms with Crippen LogP contribution in [0.15, 0.2) is 73.4 Å². The highest BCUT2D eigenvalue weighted by Gasteiger charge is 2.15. The maximum Gasteiger partial charge on any atom is 0.137 e. The van der Waals surface area contributed by atoms with Crippen LogP contribution in [0.4, 0.5) is 0 Å². The minimum absolute atomic E-state index is 0.912. The molecule has 3 aromatic heterocycles. The average molecular weight is 272 g/mol. The highest BCUT2D eigenvalue weighted by molar-refractivity contribution is 5.81. The first kappa shape index (κ1) is 11.8. The van der Waals surface area contributed by atoms with Gasteiger partial charge in [0.05, 0.1) is 11.4 Å². The van der Waals surface area contributed by atoms with Gasteiger partial charge in [-0.15, -0.1) is 0 Å². The van der Waals surface area contributed by atoms with Crippen LogP contribution in [0.25, 0.3) is 28.2 Å². The van der Waals surface area contributed by atoms with E-state index < -0.39 is 0 Å². The first-order valence-electron chi connectivity index (χ1n) is 6.71. The first-order chi connectivity index (χ1) is 10.4. The lowest BCUT2D eigenvalue weighted by atomic mass is 10.1. The molecule has 4 aromatic rings. The number of hydrogen-bond acceptors (Lipinski definition) is 3. The molecule has 0 unspecified atom stereocenters. The molecule has 100 valence electrons. The minimum Gasteiger partial charge on any atom is -0.299 e. The van der Waals surface area contributed by atoms with Crippen LogP contribution in [0.1, 0.15) is 0 Å². The highest BCUT2D eigenvalue weighted by Crippen LogP contribution is 2.31. The van der Waals surface area contributed by atoms with Crippen molar-refractivity contribution in [1.29, 1.82) is 0 Å². The van der Waals surface area contributed by atoms with Crippen LogP contribution in [-0.2, 0) is 0 Å². The molecule has 0 amide bonds. The number of pyridine rings is 1. The van der Waals surface area contributed by atoms with E-state index in [0.29, 0.717) is 0 Å². The molecule has 0 fully saturated rings. The third-order valence-electron chi connectivity index (χ3n) is 3.41. The monoisotopic (exact) mass is 272 g/mol. The van der Waals surface area contributed by atoms with Crippen LogP contribution < -0.4 is 0 Å². The second-order valence-corrected chi connectivity index (χ2v) is 4.73. The molecule has 0 aliphatic carbocycles. The Kier molecular flexibility index (Phi) is 2.71. The molecule has 0 spiro atoms. The average Bonchev–Trinajstić information content (AvgIpc) is 2.96. The molecule has 4 heteroatoms. The fourth-order valence-electron chi connectivity index (χ4n) is 2.49. The van der Waals surface area contributed by atoms with Crippen molar-refractivity contribution in [2.24, 2.45) is 0 Å². The summed E-state index contributed by atoms with van der Waals surface area (Å²) in [5, 5.41) is 0. The van der Waals surface area contributed by atoms with Crippen LogP contribution in [0.5, 0.6) is 0 Å². The predicted molar refractivity (Wildman–Crippen MR) is 81.7 cm³/mol. The van der Waals surface area contributed by atoms with Crippen LogP contribution in [0.2, 0.25) is 0 Å². The molecule has 0 saturated carbocycles. The van der Waals surface area contributed by atoms with Gasteiger partial charge >= 0.3 is 0 Å². The maximum atomic E-state index is 4.77. The molecule has 0 saturated heterocycles. The van der Waals surface area contributed by atoms with Crippen molar-refractivity contribution >= 4 is 5.65 Å². The Morgan fingerprint density at radius 2 is 1.52 bits per heavy atom. The summed E-state index contributed by atoms with van der Waals surface area (Å²) in [5.74, 6) is 0. The number of aromatic nitrogens is 4. The molecule has 0 bridgehead atoms. The van der Waals surface area contributed by atoms with Crippen molar-refractivity contribution in [2.75, 3.05) is 0 Å². The lowest BCUT2D eigenvalue weighted by Crippen LogP contribution is -1.90. The smallest absolute Gasteiger partial charge is 0.137 e. The number of nitrogens with zero attached hydrogens (tertiary/aromatic N) is 4. The maximum absolute atomic E-state index is 4.77. The zero-order valence-electron chi connectivity index (χ0n) is 11.2. The summed E-state index contributed by atoms with van der Waals surface area (Å²) in [5.41, 5.74) is 4.90. The molecular formula is C17H12N4. The summed E-state index contributed by atoms with van der Waals surface area (Å²) >= 11 is 0. The van der Waals surface area contributed by atoms with Gasteiger partial charge in [-0.25, -0.2) is 15.0 Å². The summed E-state index contributed by atoms with van der Waals surface area (Å²) in [7, 11) is 0. The van der Waals surface area contributed by atoms with Crippen LogP contribution in [0, 0.1) is 0 Å². The Hall–Kier alpha value is -3.01. The van der Waals surface area contributed by atoms with Gasteiger partial charge in [-0.2, -0.15) is 0 Å². The van der Waals surface area contributed by atoms with Gasteiger partial charge in [-0.1, -0.05) is 36.4 Å². The van der Waals surface area contributed by atoms with Gasteiger partial charge in [-0.05, 0) is 12.1 Å². The van der Waals surface area contributed by atoms with Crippen molar-refractivity contribution in [3.63, 3.8) is 0 Å². The van der Waals surface area contributed by atoms with E-state index in [9.17, 15) is 0 Å². The van der Waals surface area contributed by atoms with Gasteiger partial charge in [0, 0.05) is 29.7 Å². The Morgan fingerprint density at radius 3 is 2.33 bits per heavy atom. The van der Waals surface area contributed by atoms with Gasteiger partial charge < -0.3 is 0 Å². The predicted octanol–water partition coefficient (Wildman–Crippen LogP) is 3.46. The Labute approximate surface area is 121 Å². The van der Waals surface area contributed by atoms with Gasteiger partial charge in [0.2, 0.25) is 0 Å². The summed E-state index contributed by atoms with van der Waals surface area (Å²) in [6.45, 7) is 0. The Morgan fingerprint density at radius 1 is 0.762 bits per heavy atom. The summed E-state index contributed by atoms with van der Waals surface area (Å²) in [6.07, 6.45) is 7.18. The van der Waals surface area contributed by atoms with Crippen molar-refractivity contribution in [2.45, 2.75) is 0 Å². The lowest BCUT2D eigenvalue weighted by molar-refractivity contribution is 1.14. The van der Waals surface area contributed by atoms with E-state index in [4.69, 9.17) is 4.98 Å². The van der Waals surface area contributed by atoms with Crippen LogP contribution in [0.3, 0.4) is 0 Å². The van der Waals surface area contributed by atoms with E-state index in [2.05, 4.69) is 26.5 Å². The van der Waals surface area contributed by atoms with E-state index in [0.717, 1.165) is 28.2 Å². The molecule has 21 heavy (non-hydrogen) atoms. The minimum atomic E-state index is 0.912. The highest BCUT2D eigenvalue weighted by atomic mass is 15.0. The molecule has 0 aliphatic heterocycles. The Bertz CT molecular complexity index is 882.